The summed E-state index contributed by atoms with van der Waals surface area (Å²) in [5.41, 5.74) is 6.45. The number of hydrogen-bond acceptors (Lipinski definition) is 4. The normalized spacial score (nSPS) is 15.5. The predicted molar refractivity (Wildman–Crippen MR) is 129 cm³/mol. The molecule has 0 radical (unpaired) electrons. The first-order chi connectivity index (χ1) is 15.1. The summed E-state index contributed by atoms with van der Waals surface area (Å²) < 4.78 is 13.3. The monoisotopic (exact) mass is 421 g/mol. The molecule has 1 aromatic heterocycles. The van der Waals surface area contributed by atoms with Crippen LogP contribution in [0.15, 0.2) is 36.4 Å². The van der Waals surface area contributed by atoms with Gasteiger partial charge in [-0.25, -0.2) is 0 Å². The average molecular weight is 422 g/mol. The maximum Gasteiger partial charge on any atom is 0.161 e. The number of likely N-dealkylation sites (tertiary alicyclic amines) is 1. The highest BCUT2D eigenvalue weighted by Gasteiger charge is 2.22. The zero-order chi connectivity index (χ0) is 22.0. The van der Waals surface area contributed by atoms with Crippen LogP contribution in [0.2, 0.25) is 0 Å². The number of aromatic nitrogens is 1. The molecule has 2 heterocycles. The van der Waals surface area contributed by atoms with Gasteiger partial charge in [0.15, 0.2) is 11.5 Å². The van der Waals surface area contributed by atoms with Crippen LogP contribution in [-0.2, 0) is 7.05 Å². The van der Waals surface area contributed by atoms with Gasteiger partial charge in [0.1, 0.15) is 0 Å². The highest BCUT2D eigenvalue weighted by molar-refractivity contribution is 5.92. The van der Waals surface area contributed by atoms with Crippen LogP contribution in [0.5, 0.6) is 11.5 Å². The van der Waals surface area contributed by atoms with Crippen LogP contribution in [0.4, 0.5) is 0 Å². The van der Waals surface area contributed by atoms with Crippen LogP contribution >= 0.6 is 0 Å². The fourth-order valence-corrected chi connectivity index (χ4v) is 5.05. The van der Waals surface area contributed by atoms with E-state index in [0.29, 0.717) is 5.92 Å². The highest BCUT2D eigenvalue weighted by Crippen LogP contribution is 2.38. The summed E-state index contributed by atoms with van der Waals surface area (Å²) in [4.78, 5) is 2.58. The molecule has 3 aromatic rings. The summed E-state index contributed by atoms with van der Waals surface area (Å²) in [6.07, 6.45) is 2.48. The summed E-state index contributed by atoms with van der Waals surface area (Å²) >= 11 is 0. The van der Waals surface area contributed by atoms with Crippen molar-refractivity contribution < 1.29 is 9.47 Å². The van der Waals surface area contributed by atoms with Crippen LogP contribution < -0.4 is 14.8 Å². The van der Waals surface area contributed by atoms with Gasteiger partial charge in [-0.3, -0.25) is 0 Å². The lowest BCUT2D eigenvalue weighted by Gasteiger charge is -2.32. The molecule has 166 valence electrons. The fourth-order valence-electron chi connectivity index (χ4n) is 5.05. The van der Waals surface area contributed by atoms with Crippen LogP contribution in [0.25, 0.3) is 22.2 Å². The second-order valence-corrected chi connectivity index (χ2v) is 8.60. The second-order valence-electron chi connectivity index (χ2n) is 8.60. The Hall–Kier alpha value is -2.50. The van der Waals surface area contributed by atoms with Crippen molar-refractivity contribution in [2.75, 3.05) is 47.4 Å². The number of nitrogens with one attached hydrogen (secondary N) is 1. The first kappa shape index (κ1) is 21.7. The molecule has 0 unspecified atom stereocenters. The Morgan fingerprint density at radius 3 is 2.42 bits per heavy atom. The Morgan fingerprint density at radius 2 is 1.74 bits per heavy atom. The van der Waals surface area contributed by atoms with E-state index in [4.69, 9.17) is 9.47 Å². The molecule has 1 fully saturated rings. The minimum Gasteiger partial charge on any atom is -0.493 e. The van der Waals surface area contributed by atoms with E-state index in [1.165, 1.54) is 53.7 Å². The summed E-state index contributed by atoms with van der Waals surface area (Å²) in [5, 5.41) is 4.61. The lowest BCUT2D eigenvalue weighted by atomic mass is 9.88. The zero-order valence-corrected chi connectivity index (χ0v) is 19.5. The molecule has 0 bridgehead atoms. The van der Waals surface area contributed by atoms with E-state index in [0.717, 1.165) is 30.2 Å². The van der Waals surface area contributed by atoms with Crippen molar-refractivity contribution in [1.29, 1.82) is 0 Å². The molecule has 0 aliphatic carbocycles. The highest BCUT2D eigenvalue weighted by atomic mass is 16.5. The van der Waals surface area contributed by atoms with Crippen LogP contribution in [0.3, 0.4) is 0 Å². The number of ether oxygens (including phenoxy) is 2. The van der Waals surface area contributed by atoms with Gasteiger partial charge in [0, 0.05) is 36.6 Å². The molecule has 0 atom stereocenters. The van der Waals surface area contributed by atoms with Gasteiger partial charge in [-0.15, -0.1) is 0 Å². The topological polar surface area (TPSA) is 38.7 Å². The second kappa shape index (κ2) is 9.33. The number of hydrogen-bond donors (Lipinski definition) is 1. The molecule has 1 aliphatic heterocycles. The minimum atomic E-state index is 0.652. The summed E-state index contributed by atoms with van der Waals surface area (Å²) in [5.74, 6) is 2.17. The van der Waals surface area contributed by atoms with Crippen molar-refractivity contribution in [3.8, 4) is 22.8 Å². The van der Waals surface area contributed by atoms with Crippen LogP contribution in [0, 0.1) is 6.92 Å². The van der Waals surface area contributed by atoms with E-state index in [2.05, 4.69) is 59.1 Å². The molecule has 1 N–H and O–H groups in total. The van der Waals surface area contributed by atoms with Gasteiger partial charge in [-0.05, 0) is 87.3 Å². The summed E-state index contributed by atoms with van der Waals surface area (Å²) in [6.45, 7) is 6.83. The van der Waals surface area contributed by atoms with Crippen molar-refractivity contribution in [3.05, 3.63) is 47.5 Å². The molecule has 0 saturated carbocycles. The number of nitrogens with zero attached hydrogens (tertiary/aromatic N) is 2. The molecule has 1 saturated heterocycles. The number of piperidine rings is 1. The van der Waals surface area contributed by atoms with Gasteiger partial charge in [0.05, 0.1) is 19.9 Å². The molecular formula is C26H35N3O2. The van der Waals surface area contributed by atoms with Crippen LogP contribution in [0.1, 0.15) is 29.9 Å². The van der Waals surface area contributed by atoms with Crippen molar-refractivity contribution >= 4 is 10.9 Å². The first-order valence-electron chi connectivity index (χ1n) is 11.3. The Bertz CT molecular complexity index is 1050. The average Bonchev–Trinajstić information content (AvgIpc) is 3.07. The van der Waals surface area contributed by atoms with E-state index < -0.39 is 0 Å². The van der Waals surface area contributed by atoms with E-state index in [1.54, 1.807) is 14.2 Å². The van der Waals surface area contributed by atoms with Crippen molar-refractivity contribution in [2.24, 2.45) is 7.05 Å². The van der Waals surface area contributed by atoms with Gasteiger partial charge in [-0.2, -0.15) is 0 Å². The lowest BCUT2D eigenvalue weighted by Crippen LogP contribution is -2.37. The number of methoxy groups -OCH3 is 2. The molecule has 2 aromatic carbocycles. The van der Waals surface area contributed by atoms with Crippen molar-refractivity contribution in [3.63, 3.8) is 0 Å². The van der Waals surface area contributed by atoms with Crippen molar-refractivity contribution in [1.82, 2.24) is 14.8 Å². The third-order valence-electron chi connectivity index (χ3n) is 6.87. The fraction of sp³-hybridized carbons (Fsp3) is 0.462. The maximum absolute atomic E-state index is 5.54. The minimum absolute atomic E-state index is 0.652. The van der Waals surface area contributed by atoms with Gasteiger partial charge in [0.2, 0.25) is 0 Å². The quantitative estimate of drug-likeness (QED) is 0.607. The van der Waals surface area contributed by atoms with Crippen molar-refractivity contribution in [2.45, 2.75) is 25.7 Å². The first-order valence-corrected chi connectivity index (χ1v) is 11.3. The van der Waals surface area contributed by atoms with Crippen LogP contribution in [-0.4, -0.2) is 56.9 Å². The Morgan fingerprint density at radius 1 is 1.00 bits per heavy atom. The molecule has 5 heteroatoms. The molecule has 1 aliphatic rings. The van der Waals surface area contributed by atoms with E-state index in [1.807, 2.05) is 13.1 Å². The third-order valence-corrected chi connectivity index (χ3v) is 6.87. The number of rotatable bonds is 7. The standard InChI is InChI=1S/C26H35N3O2/c1-18-22-16-20(19-10-13-29(14-11-19)15-12-27-2)6-8-23(22)28(3)26(18)21-7-9-24(30-4)25(17-21)31-5/h6-9,16-17,19,27H,10-15H2,1-5H3. The molecular weight excluding hydrogens is 386 g/mol. The Balaban J connectivity index is 1.64. The smallest absolute Gasteiger partial charge is 0.161 e. The number of likely N-dealkylation sites (N-methyl/N-ethyl adjacent to an activating group) is 1. The molecule has 0 amide bonds. The van der Waals surface area contributed by atoms with Gasteiger partial charge >= 0.3 is 0 Å². The summed E-state index contributed by atoms with van der Waals surface area (Å²) in [7, 11) is 7.54. The number of aryl methyl sites for hydroxylation is 2. The van der Waals surface area contributed by atoms with Gasteiger partial charge in [-0.1, -0.05) is 6.07 Å². The number of benzene rings is 2. The number of fused-ring (bicyclic) bond motifs is 1. The third kappa shape index (κ3) is 4.17. The zero-order valence-electron chi connectivity index (χ0n) is 19.5. The maximum atomic E-state index is 5.54. The molecule has 4 rings (SSSR count). The Labute approximate surface area is 185 Å². The summed E-state index contributed by atoms with van der Waals surface area (Å²) in [6, 6.07) is 13.2. The van der Waals surface area contributed by atoms with E-state index >= 15 is 0 Å². The van der Waals surface area contributed by atoms with Gasteiger partial charge in [0.25, 0.3) is 0 Å². The molecule has 31 heavy (non-hydrogen) atoms. The Kier molecular flexibility index (Phi) is 6.54. The SMILES string of the molecule is CNCCN1CCC(c2ccc3c(c2)c(C)c(-c2ccc(OC)c(OC)c2)n3C)CC1. The molecule has 5 nitrogen and oxygen atoms in total. The lowest BCUT2D eigenvalue weighted by molar-refractivity contribution is 0.214. The largest absolute Gasteiger partial charge is 0.493 e. The van der Waals surface area contributed by atoms with E-state index in [-0.39, 0.29) is 0 Å². The predicted octanol–water partition coefficient (Wildman–Crippen LogP) is 4.57. The molecule has 0 spiro atoms. The van der Waals surface area contributed by atoms with E-state index in [9.17, 15) is 0 Å². The van der Waals surface area contributed by atoms with Gasteiger partial charge < -0.3 is 24.3 Å².